The van der Waals surface area contributed by atoms with Crippen molar-refractivity contribution in [1.82, 2.24) is 14.5 Å². The fraction of sp³-hybridized carbons (Fsp3) is 0.500. The first-order valence-electron chi connectivity index (χ1n) is 6.77. The first-order chi connectivity index (χ1) is 9.56. The Balaban J connectivity index is 2.03. The van der Waals surface area contributed by atoms with Gasteiger partial charge in [-0.2, -0.15) is 0 Å². The van der Waals surface area contributed by atoms with Gasteiger partial charge in [0, 0.05) is 16.6 Å². The fourth-order valence-corrected chi connectivity index (χ4v) is 2.38. The molecule has 2 aromatic rings. The van der Waals surface area contributed by atoms with E-state index in [2.05, 4.69) is 25.9 Å². The number of halogens is 1. The lowest BCUT2D eigenvalue weighted by molar-refractivity contribution is 0.134. The van der Waals surface area contributed by atoms with Crippen molar-refractivity contribution in [2.75, 3.05) is 6.61 Å². The maximum absolute atomic E-state index is 12.3. The van der Waals surface area contributed by atoms with E-state index in [9.17, 15) is 4.79 Å². The number of hydrogen-bond donors (Lipinski definition) is 0. The third kappa shape index (κ3) is 2.57. The van der Waals surface area contributed by atoms with Gasteiger partial charge >= 0.3 is 6.09 Å². The number of aromatic nitrogens is 3. The standard InChI is InChI=1S/C14H16BrN3O2/c1-8(2)7-20-14(19)18-11-5-10(15)6-16-12(11)17-13(18)9-3-4-9/h5-6,8-9H,3-4,7H2,1-2H3. The predicted molar refractivity (Wildman–Crippen MR) is 78.8 cm³/mol. The van der Waals surface area contributed by atoms with Gasteiger partial charge in [-0.25, -0.2) is 19.3 Å². The molecule has 1 aliphatic rings. The number of imidazole rings is 1. The normalized spacial score (nSPS) is 15.0. The van der Waals surface area contributed by atoms with Crippen molar-refractivity contribution in [1.29, 1.82) is 0 Å². The Morgan fingerprint density at radius 1 is 1.55 bits per heavy atom. The highest BCUT2D eigenvalue weighted by molar-refractivity contribution is 9.10. The van der Waals surface area contributed by atoms with Crippen LogP contribution in [0, 0.1) is 5.92 Å². The Labute approximate surface area is 125 Å². The Kier molecular flexibility index (Phi) is 3.50. The molecule has 0 radical (unpaired) electrons. The maximum Gasteiger partial charge on any atom is 0.420 e. The molecule has 0 spiro atoms. The SMILES string of the molecule is CC(C)COC(=O)n1c(C2CC2)nc2ncc(Br)cc21. The van der Waals surface area contributed by atoms with Gasteiger partial charge in [-0.1, -0.05) is 13.8 Å². The van der Waals surface area contributed by atoms with Crippen molar-refractivity contribution in [2.45, 2.75) is 32.6 Å². The summed E-state index contributed by atoms with van der Waals surface area (Å²) in [6, 6.07) is 1.86. The summed E-state index contributed by atoms with van der Waals surface area (Å²) in [5.74, 6) is 1.44. The number of hydrogen-bond acceptors (Lipinski definition) is 4. The number of rotatable bonds is 3. The molecule has 5 nitrogen and oxygen atoms in total. The molecular weight excluding hydrogens is 322 g/mol. The quantitative estimate of drug-likeness (QED) is 0.856. The Hall–Kier alpha value is -1.43. The van der Waals surface area contributed by atoms with E-state index >= 15 is 0 Å². The van der Waals surface area contributed by atoms with Crippen molar-refractivity contribution in [3.63, 3.8) is 0 Å². The lowest BCUT2D eigenvalue weighted by atomic mass is 10.2. The van der Waals surface area contributed by atoms with Crippen LogP contribution in [0.15, 0.2) is 16.7 Å². The van der Waals surface area contributed by atoms with Crippen molar-refractivity contribution >= 4 is 33.2 Å². The molecule has 0 bridgehead atoms. The van der Waals surface area contributed by atoms with E-state index in [-0.39, 0.29) is 6.09 Å². The molecule has 0 amide bonds. The number of ether oxygens (including phenoxy) is 1. The Morgan fingerprint density at radius 2 is 2.30 bits per heavy atom. The highest BCUT2D eigenvalue weighted by Crippen LogP contribution is 2.40. The molecule has 0 N–H and O–H groups in total. The van der Waals surface area contributed by atoms with E-state index in [4.69, 9.17) is 4.74 Å². The van der Waals surface area contributed by atoms with E-state index in [1.165, 1.54) is 0 Å². The van der Waals surface area contributed by atoms with E-state index in [1.807, 2.05) is 19.9 Å². The Morgan fingerprint density at radius 3 is 2.95 bits per heavy atom. The second kappa shape index (κ2) is 5.16. The molecule has 1 aliphatic carbocycles. The molecule has 20 heavy (non-hydrogen) atoms. The lowest BCUT2D eigenvalue weighted by Gasteiger charge is -2.10. The van der Waals surface area contributed by atoms with Crippen LogP contribution in [-0.4, -0.2) is 27.2 Å². The van der Waals surface area contributed by atoms with Crippen LogP contribution in [-0.2, 0) is 4.74 Å². The van der Waals surface area contributed by atoms with Crippen molar-refractivity contribution < 1.29 is 9.53 Å². The molecule has 2 heterocycles. The molecule has 106 valence electrons. The molecule has 0 aliphatic heterocycles. The summed E-state index contributed by atoms with van der Waals surface area (Å²) in [6.07, 6.45) is 3.47. The zero-order valence-electron chi connectivity index (χ0n) is 11.5. The summed E-state index contributed by atoms with van der Waals surface area (Å²) in [7, 11) is 0. The van der Waals surface area contributed by atoms with E-state index in [0.717, 1.165) is 23.1 Å². The van der Waals surface area contributed by atoms with Crippen LogP contribution in [0.25, 0.3) is 11.2 Å². The Bertz CT molecular complexity index is 662. The number of pyridine rings is 1. The molecule has 0 aromatic carbocycles. The first-order valence-corrected chi connectivity index (χ1v) is 7.56. The van der Waals surface area contributed by atoms with Crippen LogP contribution in [0.1, 0.15) is 38.4 Å². The van der Waals surface area contributed by atoms with Crippen molar-refractivity contribution in [2.24, 2.45) is 5.92 Å². The minimum Gasteiger partial charge on any atom is -0.449 e. The molecule has 0 unspecified atom stereocenters. The second-order valence-electron chi connectivity index (χ2n) is 5.55. The van der Waals surface area contributed by atoms with Crippen LogP contribution in [0.2, 0.25) is 0 Å². The lowest BCUT2D eigenvalue weighted by Crippen LogP contribution is -2.18. The van der Waals surface area contributed by atoms with Gasteiger partial charge in [0.1, 0.15) is 5.82 Å². The predicted octanol–water partition coefficient (Wildman–Crippen LogP) is 3.71. The first kappa shape index (κ1) is 13.5. The van der Waals surface area contributed by atoms with Crippen molar-refractivity contribution in [3.05, 3.63) is 22.6 Å². The summed E-state index contributed by atoms with van der Waals surface area (Å²) < 4.78 is 7.76. The summed E-state index contributed by atoms with van der Waals surface area (Å²) in [5, 5.41) is 0. The fourth-order valence-electron chi connectivity index (χ4n) is 2.06. The van der Waals surface area contributed by atoms with Crippen molar-refractivity contribution in [3.8, 4) is 0 Å². The second-order valence-corrected chi connectivity index (χ2v) is 6.46. The highest BCUT2D eigenvalue weighted by Gasteiger charge is 2.32. The molecule has 1 fully saturated rings. The largest absolute Gasteiger partial charge is 0.449 e. The zero-order chi connectivity index (χ0) is 14.3. The summed E-state index contributed by atoms with van der Waals surface area (Å²) in [6.45, 7) is 4.43. The van der Waals surface area contributed by atoms with Gasteiger partial charge in [0.25, 0.3) is 0 Å². The minimum atomic E-state index is -0.358. The number of nitrogens with zero attached hydrogens (tertiary/aromatic N) is 3. The summed E-state index contributed by atoms with van der Waals surface area (Å²) in [5.41, 5.74) is 1.30. The average molecular weight is 338 g/mol. The summed E-state index contributed by atoms with van der Waals surface area (Å²) >= 11 is 3.38. The number of carbonyl (C=O) groups excluding carboxylic acids is 1. The maximum atomic E-state index is 12.3. The van der Waals surface area contributed by atoms with Gasteiger partial charge in [-0.15, -0.1) is 0 Å². The molecule has 0 saturated heterocycles. The highest BCUT2D eigenvalue weighted by atomic mass is 79.9. The van der Waals surface area contributed by atoms with Gasteiger partial charge in [0.15, 0.2) is 5.65 Å². The topological polar surface area (TPSA) is 57.0 Å². The van der Waals surface area contributed by atoms with Crippen LogP contribution < -0.4 is 0 Å². The van der Waals surface area contributed by atoms with Crippen LogP contribution in [0.4, 0.5) is 4.79 Å². The number of fused-ring (bicyclic) bond motifs is 1. The minimum absolute atomic E-state index is 0.308. The molecule has 1 saturated carbocycles. The van der Waals surface area contributed by atoms with Crippen LogP contribution >= 0.6 is 15.9 Å². The smallest absolute Gasteiger partial charge is 0.420 e. The van der Waals surface area contributed by atoms with Crippen LogP contribution in [0.3, 0.4) is 0 Å². The number of carbonyl (C=O) groups is 1. The molecule has 2 aromatic heterocycles. The van der Waals surface area contributed by atoms with Crippen LogP contribution in [0.5, 0.6) is 0 Å². The van der Waals surface area contributed by atoms with E-state index in [0.29, 0.717) is 29.6 Å². The zero-order valence-corrected chi connectivity index (χ0v) is 13.1. The molecular formula is C14H16BrN3O2. The van der Waals surface area contributed by atoms with Gasteiger partial charge < -0.3 is 4.74 Å². The average Bonchev–Trinajstić information content (AvgIpc) is 3.17. The van der Waals surface area contributed by atoms with Gasteiger partial charge in [0.2, 0.25) is 0 Å². The monoisotopic (exact) mass is 337 g/mol. The van der Waals surface area contributed by atoms with Gasteiger partial charge in [-0.05, 0) is 40.8 Å². The molecule has 6 heteroatoms. The third-order valence-corrected chi connectivity index (χ3v) is 3.60. The molecule has 0 atom stereocenters. The van der Waals surface area contributed by atoms with Gasteiger partial charge in [0.05, 0.1) is 12.1 Å². The van der Waals surface area contributed by atoms with Gasteiger partial charge in [-0.3, -0.25) is 0 Å². The van der Waals surface area contributed by atoms with E-state index < -0.39 is 0 Å². The molecule has 3 rings (SSSR count). The third-order valence-electron chi connectivity index (χ3n) is 3.17. The van der Waals surface area contributed by atoms with E-state index in [1.54, 1.807) is 10.8 Å². The summed E-state index contributed by atoms with van der Waals surface area (Å²) in [4.78, 5) is 21.1.